The summed E-state index contributed by atoms with van der Waals surface area (Å²) in [5.41, 5.74) is 3.01. The number of piperazine rings is 1. The fourth-order valence-electron chi connectivity index (χ4n) is 5.16. The van der Waals surface area contributed by atoms with Gasteiger partial charge in [0.2, 0.25) is 0 Å². The number of carbonyl (C=O) groups excluding carboxylic acids is 1. The Kier molecular flexibility index (Phi) is 8.32. The monoisotopic (exact) mass is 531 g/mol. The molecule has 2 unspecified atom stereocenters. The molecule has 0 radical (unpaired) electrons. The molecule has 6 nitrogen and oxygen atoms in total. The second-order valence-corrected chi connectivity index (χ2v) is 10.3. The molecule has 7 heteroatoms. The van der Waals surface area contributed by atoms with Crippen LogP contribution in [0.4, 0.5) is 0 Å². The predicted octanol–water partition coefficient (Wildman–Crippen LogP) is 4.59. The van der Waals surface area contributed by atoms with Crippen LogP contribution < -0.4 is 20.1 Å². The first kappa shape index (κ1) is 26.3. The average molecular weight is 532 g/mol. The van der Waals surface area contributed by atoms with E-state index in [1.165, 1.54) is 11.1 Å². The standard InChI is InChI=1S/C31H34ClN3O3/c1-35(18-16-23-7-3-2-4-8-23)30(36)26-15-17-31(22-33-21-28(26)34-31)24-11-13-25(14-12-24)37-19-20-38-29-10-6-5-9-27(29)32/h2-15,28,33-34H,16-22H2,1H3. The minimum Gasteiger partial charge on any atom is -0.490 e. The second kappa shape index (κ2) is 12.0. The maximum atomic E-state index is 13.3. The summed E-state index contributed by atoms with van der Waals surface area (Å²) in [6.07, 6.45) is 3.73. The van der Waals surface area contributed by atoms with E-state index in [2.05, 4.69) is 41.0 Å². The lowest BCUT2D eigenvalue weighted by molar-refractivity contribution is -0.126. The molecule has 2 aliphatic heterocycles. The lowest BCUT2D eigenvalue weighted by atomic mass is 9.78. The normalized spacial score (nSPS) is 20.4. The fraction of sp³-hybridized carbons (Fsp3) is 0.323. The molecule has 1 fully saturated rings. The molecule has 38 heavy (non-hydrogen) atoms. The molecule has 198 valence electrons. The molecule has 0 spiro atoms. The highest BCUT2D eigenvalue weighted by molar-refractivity contribution is 6.32. The minimum absolute atomic E-state index is 0.0259. The molecule has 2 bridgehead atoms. The molecule has 2 N–H and O–H groups in total. The van der Waals surface area contributed by atoms with Crippen molar-refractivity contribution in [3.05, 3.63) is 107 Å². The van der Waals surface area contributed by atoms with Gasteiger partial charge in [-0.3, -0.25) is 10.1 Å². The summed E-state index contributed by atoms with van der Waals surface area (Å²) in [5.74, 6) is 1.54. The van der Waals surface area contributed by atoms with Gasteiger partial charge in [0.25, 0.3) is 5.91 Å². The smallest absolute Gasteiger partial charge is 0.250 e. The quantitative estimate of drug-likeness (QED) is 0.375. The van der Waals surface area contributed by atoms with E-state index in [4.69, 9.17) is 21.1 Å². The lowest BCUT2D eigenvalue weighted by Gasteiger charge is -2.47. The lowest BCUT2D eigenvalue weighted by Crippen LogP contribution is -2.65. The molecule has 1 amide bonds. The zero-order chi connectivity index (χ0) is 26.4. The molecule has 2 heterocycles. The van der Waals surface area contributed by atoms with Gasteiger partial charge in [-0.15, -0.1) is 0 Å². The van der Waals surface area contributed by atoms with Crippen LogP contribution in [0.5, 0.6) is 11.5 Å². The summed E-state index contributed by atoms with van der Waals surface area (Å²) < 4.78 is 11.6. The molecule has 5 rings (SSSR count). The first-order chi connectivity index (χ1) is 18.5. The highest BCUT2D eigenvalue weighted by atomic mass is 35.5. The molecule has 0 saturated carbocycles. The van der Waals surface area contributed by atoms with Crippen molar-refractivity contribution >= 4 is 17.5 Å². The molecule has 0 aliphatic carbocycles. The Hall–Kier alpha value is -3.32. The molecule has 0 aromatic heterocycles. The number of nitrogens with zero attached hydrogens (tertiary/aromatic N) is 1. The van der Waals surface area contributed by atoms with Crippen molar-refractivity contribution in [2.45, 2.75) is 24.4 Å². The number of hydrogen-bond acceptors (Lipinski definition) is 5. The average Bonchev–Trinajstić information content (AvgIpc) is 2.95. The van der Waals surface area contributed by atoms with Crippen LogP contribution >= 0.6 is 11.6 Å². The molecular formula is C31H34ClN3O3. The van der Waals surface area contributed by atoms with E-state index in [-0.39, 0.29) is 17.5 Å². The molecule has 2 aliphatic rings. The Bertz CT molecular complexity index is 1260. The summed E-state index contributed by atoms with van der Waals surface area (Å²) in [5, 5.41) is 7.93. The number of benzene rings is 3. The molecule has 2 atom stereocenters. The Labute approximate surface area is 229 Å². The Morgan fingerprint density at radius 2 is 1.74 bits per heavy atom. The Balaban J connectivity index is 1.17. The summed E-state index contributed by atoms with van der Waals surface area (Å²) in [6.45, 7) is 3.06. The van der Waals surface area contributed by atoms with Crippen LogP contribution in [0.3, 0.4) is 0 Å². The van der Waals surface area contributed by atoms with Gasteiger partial charge >= 0.3 is 0 Å². The Morgan fingerprint density at radius 1 is 1.00 bits per heavy atom. The third-order valence-corrected chi connectivity index (χ3v) is 7.61. The van der Waals surface area contributed by atoms with Crippen LogP contribution in [0.25, 0.3) is 0 Å². The maximum absolute atomic E-state index is 13.3. The van der Waals surface area contributed by atoms with Gasteiger partial charge in [-0.05, 0) is 48.2 Å². The van der Waals surface area contributed by atoms with Crippen LogP contribution in [0.1, 0.15) is 17.5 Å². The van der Waals surface area contributed by atoms with E-state index >= 15 is 0 Å². The van der Waals surface area contributed by atoms with E-state index in [1.54, 1.807) is 6.07 Å². The van der Waals surface area contributed by atoms with Crippen LogP contribution in [-0.4, -0.2) is 56.7 Å². The fourth-order valence-corrected chi connectivity index (χ4v) is 5.35. The zero-order valence-electron chi connectivity index (χ0n) is 21.7. The van der Waals surface area contributed by atoms with Gasteiger partial charge in [-0.25, -0.2) is 0 Å². The largest absolute Gasteiger partial charge is 0.490 e. The van der Waals surface area contributed by atoms with Crippen molar-refractivity contribution in [1.29, 1.82) is 0 Å². The predicted molar refractivity (Wildman–Crippen MR) is 151 cm³/mol. The summed E-state index contributed by atoms with van der Waals surface area (Å²) >= 11 is 6.13. The Morgan fingerprint density at radius 3 is 2.53 bits per heavy atom. The highest BCUT2D eigenvalue weighted by Gasteiger charge is 2.42. The number of rotatable bonds is 10. The van der Waals surface area contributed by atoms with E-state index in [0.29, 0.717) is 30.5 Å². The number of carbonyl (C=O) groups is 1. The first-order valence-electron chi connectivity index (χ1n) is 13.1. The second-order valence-electron chi connectivity index (χ2n) is 9.89. The number of amides is 1. The van der Waals surface area contributed by atoms with Crippen molar-refractivity contribution in [2.24, 2.45) is 0 Å². The third kappa shape index (κ3) is 6.04. The van der Waals surface area contributed by atoms with Gasteiger partial charge in [-0.1, -0.05) is 72.3 Å². The van der Waals surface area contributed by atoms with Gasteiger partial charge in [0.15, 0.2) is 0 Å². The van der Waals surface area contributed by atoms with Gasteiger partial charge in [0.1, 0.15) is 24.7 Å². The number of nitrogens with one attached hydrogen (secondary N) is 2. The van der Waals surface area contributed by atoms with Gasteiger partial charge < -0.3 is 19.7 Å². The van der Waals surface area contributed by atoms with Crippen molar-refractivity contribution in [1.82, 2.24) is 15.5 Å². The zero-order valence-corrected chi connectivity index (χ0v) is 22.4. The number of ether oxygens (including phenoxy) is 2. The van der Waals surface area contributed by atoms with Crippen LogP contribution in [0, 0.1) is 0 Å². The molecular weight excluding hydrogens is 498 g/mol. The van der Waals surface area contributed by atoms with Crippen LogP contribution in [0.2, 0.25) is 5.02 Å². The van der Waals surface area contributed by atoms with Crippen LogP contribution in [-0.2, 0) is 16.8 Å². The van der Waals surface area contributed by atoms with E-state index in [1.807, 2.05) is 60.5 Å². The van der Waals surface area contributed by atoms with E-state index < -0.39 is 0 Å². The summed E-state index contributed by atoms with van der Waals surface area (Å²) in [7, 11) is 1.89. The van der Waals surface area contributed by atoms with Crippen molar-refractivity contribution in [3.8, 4) is 11.5 Å². The molecule has 3 aromatic carbocycles. The topological polar surface area (TPSA) is 62.8 Å². The number of hydrogen-bond donors (Lipinski definition) is 2. The maximum Gasteiger partial charge on any atom is 0.250 e. The highest BCUT2D eigenvalue weighted by Crippen LogP contribution is 2.34. The van der Waals surface area contributed by atoms with Crippen molar-refractivity contribution in [3.63, 3.8) is 0 Å². The van der Waals surface area contributed by atoms with E-state index in [0.717, 1.165) is 37.3 Å². The molecule has 1 saturated heterocycles. The summed E-state index contributed by atoms with van der Waals surface area (Å²) in [4.78, 5) is 15.1. The van der Waals surface area contributed by atoms with Gasteiger partial charge in [-0.2, -0.15) is 0 Å². The summed E-state index contributed by atoms with van der Waals surface area (Å²) in [6, 6.07) is 25.9. The third-order valence-electron chi connectivity index (χ3n) is 7.30. The van der Waals surface area contributed by atoms with Crippen molar-refractivity contribution < 1.29 is 14.3 Å². The minimum atomic E-state index is -0.249. The van der Waals surface area contributed by atoms with Gasteiger partial charge in [0, 0.05) is 32.3 Å². The van der Waals surface area contributed by atoms with Crippen LogP contribution in [0.15, 0.2) is 90.5 Å². The number of halogens is 1. The van der Waals surface area contributed by atoms with E-state index in [9.17, 15) is 4.79 Å². The number of fused-ring (bicyclic) bond motifs is 2. The number of para-hydroxylation sites is 1. The van der Waals surface area contributed by atoms with Crippen molar-refractivity contribution in [2.75, 3.05) is 39.9 Å². The molecule has 3 aromatic rings. The van der Waals surface area contributed by atoms with Gasteiger partial charge in [0.05, 0.1) is 16.6 Å². The SMILES string of the molecule is CN(CCc1ccccc1)C(=O)C1=CCC2(c3ccc(OCCOc4ccccc4Cl)cc3)CNCC1N2. The number of likely N-dealkylation sites (N-methyl/N-ethyl adjacent to an activating group) is 1. The first-order valence-corrected chi connectivity index (χ1v) is 13.5.